The molecule has 1 heterocycles. The molecule has 2 heteroatoms. The largest absolute Gasteiger partial charge is 0.390 e. The molecule has 0 aliphatic heterocycles. The van der Waals surface area contributed by atoms with Gasteiger partial charge in [-0.15, -0.1) is 0 Å². The summed E-state index contributed by atoms with van der Waals surface area (Å²) < 4.78 is 2.11. The van der Waals surface area contributed by atoms with Crippen LogP contribution in [0.15, 0.2) is 18.3 Å². The summed E-state index contributed by atoms with van der Waals surface area (Å²) in [4.78, 5) is 0. The zero-order valence-electron chi connectivity index (χ0n) is 7.83. The standard InChI is InChI=1S/C10H17NO/c1-9(2)5-7-11-6-3-4-10(11)8-12/h3-4,6,9,12H,5,7-8H2,1-2H3. The van der Waals surface area contributed by atoms with E-state index in [2.05, 4.69) is 18.4 Å². The van der Waals surface area contributed by atoms with Crippen molar-refractivity contribution in [3.8, 4) is 0 Å². The number of aliphatic hydroxyl groups excluding tert-OH is 1. The zero-order chi connectivity index (χ0) is 8.97. The fourth-order valence-corrected chi connectivity index (χ4v) is 1.21. The summed E-state index contributed by atoms with van der Waals surface area (Å²) >= 11 is 0. The van der Waals surface area contributed by atoms with Crippen molar-refractivity contribution in [2.24, 2.45) is 5.92 Å². The molecule has 0 atom stereocenters. The fourth-order valence-electron chi connectivity index (χ4n) is 1.21. The Balaban J connectivity index is 2.50. The molecule has 1 aromatic rings. The van der Waals surface area contributed by atoms with Gasteiger partial charge in [-0.1, -0.05) is 13.8 Å². The van der Waals surface area contributed by atoms with Crippen LogP contribution in [0, 0.1) is 5.92 Å². The second kappa shape index (κ2) is 4.31. The molecule has 1 rings (SSSR count). The van der Waals surface area contributed by atoms with E-state index in [1.54, 1.807) is 0 Å². The van der Waals surface area contributed by atoms with Crippen LogP contribution >= 0.6 is 0 Å². The highest BCUT2D eigenvalue weighted by Gasteiger charge is 1.99. The molecule has 12 heavy (non-hydrogen) atoms. The van der Waals surface area contributed by atoms with E-state index >= 15 is 0 Å². The summed E-state index contributed by atoms with van der Waals surface area (Å²) in [7, 11) is 0. The number of nitrogens with zero attached hydrogens (tertiary/aromatic N) is 1. The molecular formula is C10H17NO. The second-order valence-electron chi connectivity index (χ2n) is 3.53. The van der Waals surface area contributed by atoms with E-state index in [-0.39, 0.29) is 6.61 Å². The maximum absolute atomic E-state index is 8.95. The van der Waals surface area contributed by atoms with Crippen molar-refractivity contribution in [3.05, 3.63) is 24.0 Å². The van der Waals surface area contributed by atoms with E-state index < -0.39 is 0 Å². The number of aryl methyl sites for hydroxylation is 1. The lowest BCUT2D eigenvalue weighted by Crippen LogP contribution is -2.04. The van der Waals surface area contributed by atoms with Gasteiger partial charge >= 0.3 is 0 Å². The monoisotopic (exact) mass is 167 g/mol. The van der Waals surface area contributed by atoms with Crippen LogP contribution in [-0.2, 0) is 13.2 Å². The van der Waals surface area contributed by atoms with Crippen LogP contribution in [0.3, 0.4) is 0 Å². The van der Waals surface area contributed by atoms with Gasteiger partial charge in [-0.3, -0.25) is 0 Å². The van der Waals surface area contributed by atoms with Crippen LogP contribution in [0.4, 0.5) is 0 Å². The van der Waals surface area contributed by atoms with Crippen LogP contribution in [0.2, 0.25) is 0 Å². The van der Waals surface area contributed by atoms with E-state index in [0.29, 0.717) is 0 Å². The van der Waals surface area contributed by atoms with Gasteiger partial charge in [-0.05, 0) is 24.5 Å². The van der Waals surface area contributed by atoms with Crippen LogP contribution in [-0.4, -0.2) is 9.67 Å². The first-order valence-electron chi connectivity index (χ1n) is 4.49. The minimum absolute atomic E-state index is 0.144. The Labute approximate surface area is 73.8 Å². The molecule has 0 amide bonds. The summed E-state index contributed by atoms with van der Waals surface area (Å²) in [6.45, 7) is 5.58. The Hall–Kier alpha value is -0.760. The highest BCUT2D eigenvalue weighted by atomic mass is 16.3. The molecule has 0 aliphatic rings. The van der Waals surface area contributed by atoms with Crippen molar-refractivity contribution in [1.29, 1.82) is 0 Å². The lowest BCUT2D eigenvalue weighted by molar-refractivity contribution is 0.269. The lowest BCUT2D eigenvalue weighted by atomic mass is 10.1. The second-order valence-corrected chi connectivity index (χ2v) is 3.53. The maximum Gasteiger partial charge on any atom is 0.0832 e. The molecule has 0 fully saturated rings. The Morgan fingerprint density at radius 2 is 2.25 bits per heavy atom. The SMILES string of the molecule is CC(C)CCn1cccc1CO. The average Bonchev–Trinajstić information content (AvgIpc) is 2.47. The Morgan fingerprint density at radius 1 is 1.50 bits per heavy atom. The molecule has 0 saturated carbocycles. The molecule has 1 aromatic heterocycles. The van der Waals surface area contributed by atoms with Gasteiger partial charge in [0.25, 0.3) is 0 Å². The first-order chi connectivity index (χ1) is 5.74. The van der Waals surface area contributed by atoms with Gasteiger partial charge in [0.15, 0.2) is 0 Å². The smallest absolute Gasteiger partial charge is 0.0832 e. The highest BCUT2D eigenvalue weighted by Crippen LogP contribution is 2.07. The highest BCUT2D eigenvalue weighted by molar-refractivity contribution is 5.05. The average molecular weight is 167 g/mol. The molecule has 0 spiro atoms. The third-order valence-corrected chi connectivity index (χ3v) is 2.03. The predicted molar refractivity (Wildman–Crippen MR) is 49.8 cm³/mol. The number of hydrogen-bond donors (Lipinski definition) is 1. The summed E-state index contributed by atoms with van der Waals surface area (Å²) in [6.07, 6.45) is 3.19. The first kappa shape index (κ1) is 9.33. The van der Waals surface area contributed by atoms with Crippen LogP contribution < -0.4 is 0 Å². The first-order valence-corrected chi connectivity index (χ1v) is 4.49. The van der Waals surface area contributed by atoms with Gasteiger partial charge in [-0.2, -0.15) is 0 Å². The van der Waals surface area contributed by atoms with Crippen LogP contribution in [0.1, 0.15) is 26.0 Å². The van der Waals surface area contributed by atoms with Gasteiger partial charge in [-0.25, -0.2) is 0 Å². The molecule has 0 radical (unpaired) electrons. The Bertz CT molecular complexity index is 227. The van der Waals surface area contributed by atoms with Gasteiger partial charge in [0.1, 0.15) is 0 Å². The minimum Gasteiger partial charge on any atom is -0.390 e. The number of aromatic nitrogens is 1. The van der Waals surface area contributed by atoms with Crippen molar-refractivity contribution >= 4 is 0 Å². The van der Waals surface area contributed by atoms with Gasteiger partial charge in [0, 0.05) is 18.4 Å². The molecule has 68 valence electrons. The third kappa shape index (κ3) is 2.38. The summed E-state index contributed by atoms with van der Waals surface area (Å²) in [5, 5.41) is 8.95. The number of rotatable bonds is 4. The third-order valence-electron chi connectivity index (χ3n) is 2.03. The van der Waals surface area contributed by atoms with Crippen molar-refractivity contribution in [1.82, 2.24) is 4.57 Å². The molecule has 2 nitrogen and oxygen atoms in total. The molecule has 0 unspecified atom stereocenters. The molecule has 0 saturated heterocycles. The van der Waals surface area contributed by atoms with Gasteiger partial charge in [0.05, 0.1) is 6.61 Å². The van der Waals surface area contributed by atoms with Crippen LogP contribution in [0.25, 0.3) is 0 Å². The molecule has 0 aliphatic carbocycles. The minimum atomic E-state index is 0.144. The predicted octanol–water partition coefficient (Wildman–Crippen LogP) is 2.03. The number of hydrogen-bond acceptors (Lipinski definition) is 1. The van der Waals surface area contributed by atoms with Crippen LogP contribution in [0.5, 0.6) is 0 Å². The maximum atomic E-state index is 8.95. The molecule has 1 N–H and O–H groups in total. The summed E-state index contributed by atoms with van der Waals surface area (Å²) in [5.74, 6) is 0.721. The Kier molecular flexibility index (Phi) is 3.35. The topological polar surface area (TPSA) is 25.2 Å². The zero-order valence-corrected chi connectivity index (χ0v) is 7.83. The van der Waals surface area contributed by atoms with Crippen molar-refractivity contribution in [3.63, 3.8) is 0 Å². The lowest BCUT2D eigenvalue weighted by Gasteiger charge is -2.08. The van der Waals surface area contributed by atoms with E-state index in [1.165, 1.54) is 6.42 Å². The normalized spacial score (nSPS) is 11.0. The molecular weight excluding hydrogens is 150 g/mol. The van der Waals surface area contributed by atoms with E-state index in [4.69, 9.17) is 5.11 Å². The number of aliphatic hydroxyl groups is 1. The molecule has 0 bridgehead atoms. The van der Waals surface area contributed by atoms with Crippen molar-refractivity contribution in [2.45, 2.75) is 33.4 Å². The van der Waals surface area contributed by atoms with E-state index in [9.17, 15) is 0 Å². The summed E-state index contributed by atoms with van der Waals surface area (Å²) in [5.41, 5.74) is 1.01. The molecule has 0 aromatic carbocycles. The van der Waals surface area contributed by atoms with Gasteiger partial charge in [0.2, 0.25) is 0 Å². The van der Waals surface area contributed by atoms with E-state index in [0.717, 1.165) is 18.2 Å². The summed E-state index contributed by atoms with van der Waals surface area (Å²) in [6, 6.07) is 3.94. The van der Waals surface area contributed by atoms with Crippen molar-refractivity contribution < 1.29 is 5.11 Å². The van der Waals surface area contributed by atoms with Crippen molar-refractivity contribution in [2.75, 3.05) is 0 Å². The Morgan fingerprint density at radius 3 is 2.83 bits per heavy atom. The fraction of sp³-hybridized carbons (Fsp3) is 0.600. The van der Waals surface area contributed by atoms with Gasteiger partial charge < -0.3 is 9.67 Å². The van der Waals surface area contributed by atoms with E-state index in [1.807, 2.05) is 18.3 Å². The quantitative estimate of drug-likeness (QED) is 0.729.